The highest BCUT2D eigenvalue weighted by Crippen LogP contribution is 2.47. The molecule has 8 aromatic carbocycles. The second-order valence-corrected chi connectivity index (χ2v) is 27.6. The SMILES string of the molecule is C=Cc1ccc(/C=C/c2ccc(N(C)C)cc2)cc1.CN(C)c1ccc(/C=C/c2ccc(/C=C/c3ccc(-c4c5cc(Cl)c(=O)cc-5oc5cc(O)c(Cl)cc45)c(S(=O)(=O)O)c3)cc2)cc1.O=c1cc2oc3cc(O)c(Cl)cc3c(-c3ccc(I)cc3S(=O)(=O)O)c-2cc1Cl. The van der Waals surface area contributed by atoms with Gasteiger partial charge in [0.2, 0.25) is 10.9 Å². The molecule has 2 aliphatic heterocycles. The van der Waals surface area contributed by atoms with Crippen LogP contribution in [0.5, 0.6) is 11.5 Å². The summed E-state index contributed by atoms with van der Waals surface area (Å²) in [5, 5.41) is 20.7. The molecule has 0 aromatic heterocycles. The van der Waals surface area contributed by atoms with Gasteiger partial charge in [-0.1, -0.05) is 187 Å². The van der Waals surface area contributed by atoms with Gasteiger partial charge in [0, 0.05) is 112 Å². The summed E-state index contributed by atoms with van der Waals surface area (Å²) in [5.74, 6) is -0.279. The molecule has 8 aromatic rings. The third-order valence-corrected chi connectivity index (χ3v) is 18.7. The van der Waals surface area contributed by atoms with Gasteiger partial charge in [0.1, 0.15) is 44.0 Å². The first kappa shape index (κ1) is 68.9. The van der Waals surface area contributed by atoms with E-state index in [4.69, 9.17) is 55.2 Å². The number of aromatic hydroxyl groups is 2. The monoisotopic (exact) mass is 1490 g/mol. The summed E-state index contributed by atoms with van der Waals surface area (Å²) in [6.45, 7) is 3.75. The molecule has 0 fully saturated rings. The van der Waals surface area contributed by atoms with Crippen molar-refractivity contribution in [2.75, 3.05) is 38.0 Å². The fourth-order valence-corrected chi connectivity index (χ4v) is 13.0. The van der Waals surface area contributed by atoms with Crippen molar-refractivity contribution < 1.29 is 45.0 Å². The highest BCUT2D eigenvalue weighted by molar-refractivity contribution is 14.1. The standard InChI is InChI=1S/C37H27Cl2NO6S.C19H9Cl2IO6S.C18H19N/c1-40(2)26-14-11-24(12-15-26)8-7-22-3-5-23(6-4-22)9-10-25-13-16-27(36(17-25)47(43,44)45)37-28-18-30(38)32(41)20-34(28)46-35-21-33(42)31(39)19-29(35)37;20-12-4-10-16(6-14(12)23)28-17-7-15(24)13(21)5-11(17)19(10)9-2-1-8(22)3-18(9)29(25,26)27;1-4-15-5-7-16(8-6-15)9-10-17-11-13-18(14-12-17)19(2)3/h3-21,41H,1-2H3,(H,43,44,45);1-7,23H,(H,25,26,27);4-14H,1H2,2-3H3/b8-7+,10-9+;;10-9+. The van der Waals surface area contributed by atoms with Crippen LogP contribution in [-0.4, -0.2) is 64.3 Å². The van der Waals surface area contributed by atoms with Gasteiger partial charge in [-0.15, -0.1) is 0 Å². The lowest BCUT2D eigenvalue weighted by molar-refractivity contribution is 0.474. The Labute approximate surface area is 581 Å². The normalized spacial score (nSPS) is 11.8. The van der Waals surface area contributed by atoms with E-state index in [1.54, 1.807) is 24.3 Å². The summed E-state index contributed by atoms with van der Waals surface area (Å²) >= 11 is 26.4. The molecule has 12 rings (SSSR count). The van der Waals surface area contributed by atoms with Gasteiger partial charge < -0.3 is 28.8 Å². The molecule has 480 valence electrons. The molecule has 95 heavy (non-hydrogen) atoms. The number of benzene rings is 10. The average Bonchev–Trinajstić information content (AvgIpc) is 0.750. The van der Waals surface area contributed by atoms with Gasteiger partial charge in [0.15, 0.2) is 0 Å². The Kier molecular flexibility index (Phi) is 21.0. The molecular weight excluding hydrogens is 1440 g/mol. The van der Waals surface area contributed by atoms with Crippen LogP contribution >= 0.6 is 69.0 Å². The zero-order valence-corrected chi connectivity index (χ0v) is 57.5. The summed E-state index contributed by atoms with van der Waals surface area (Å²) in [7, 11) is -1.25. The molecule has 0 radical (unpaired) electrons. The third-order valence-electron chi connectivity index (χ3n) is 15.1. The Morgan fingerprint density at radius 1 is 0.411 bits per heavy atom. The second kappa shape index (κ2) is 28.9. The molecule has 0 saturated heterocycles. The molecule has 0 amide bonds. The van der Waals surface area contributed by atoms with Crippen molar-refractivity contribution in [2.45, 2.75) is 9.79 Å². The van der Waals surface area contributed by atoms with Gasteiger partial charge in [0.05, 0.1) is 20.1 Å². The smallest absolute Gasteiger partial charge is 0.295 e. The average molecular weight is 1500 g/mol. The maximum Gasteiger partial charge on any atom is 0.295 e. The number of hydrogen-bond acceptors (Lipinski definition) is 12. The van der Waals surface area contributed by atoms with Crippen LogP contribution in [-0.2, 0) is 20.2 Å². The molecule has 0 saturated carbocycles. The van der Waals surface area contributed by atoms with Gasteiger partial charge in [0.25, 0.3) is 20.2 Å². The maximum atomic E-state index is 12.8. The van der Waals surface area contributed by atoms with Crippen molar-refractivity contribution in [2.24, 2.45) is 0 Å². The number of rotatable bonds is 13. The highest BCUT2D eigenvalue weighted by atomic mass is 127. The molecule has 4 aliphatic rings. The molecule has 0 atom stereocenters. The van der Waals surface area contributed by atoms with Crippen molar-refractivity contribution in [1.82, 2.24) is 0 Å². The summed E-state index contributed by atoms with van der Waals surface area (Å²) < 4.78 is 82.1. The minimum absolute atomic E-state index is 0.00651. The molecule has 2 aliphatic carbocycles. The highest BCUT2D eigenvalue weighted by Gasteiger charge is 2.28. The Morgan fingerprint density at radius 3 is 1.09 bits per heavy atom. The van der Waals surface area contributed by atoms with Crippen molar-refractivity contribution >= 4 is 165 Å². The number of phenolic OH excluding ortho intramolecular Hbond substituents is 2. The van der Waals surface area contributed by atoms with Crippen LogP contribution in [0.4, 0.5) is 11.4 Å². The molecule has 21 heteroatoms. The van der Waals surface area contributed by atoms with E-state index in [-0.39, 0.29) is 75.2 Å². The lowest BCUT2D eigenvalue weighted by atomic mass is 9.93. The summed E-state index contributed by atoms with van der Waals surface area (Å²) in [6, 6.07) is 52.5. The van der Waals surface area contributed by atoms with Crippen molar-refractivity contribution in [3.8, 4) is 56.4 Å². The number of hydrogen-bond donors (Lipinski definition) is 4. The van der Waals surface area contributed by atoms with E-state index in [1.807, 2.05) is 104 Å². The number of phenols is 2. The minimum atomic E-state index is -4.75. The zero-order valence-electron chi connectivity index (χ0n) is 50.7. The molecule has 4 N–H and O–H groups in total. The topological polar surface area (TPSA) is 216 Å². The molecule has 0 spiro atoms. The fourth-order valence-electron chi connectivity index (χ4n) is 10.2. The number of nitrogens with zero attached hydrogens (tertiary/aromatic N) is 2. The van der Waals surface area contributed by atoms with Crippen molar-refractivity contribution in [3.05, 3.63) is 272 Å². The van der Waals surface area contributed by atoms with Gasteiger partial charge >= 0.3 is 0 Å². The summed E-state index contributed by atoms with van der Waals surface area (Å²) in [6.07, 6.45) is 13.7. The maximum absolute atomic E-state index is 12.8. The number of anilines is 2. The first-order valence-corrected chi connectivity index (χ1v) is 34.1. The van der Waals surface area contributed by atoms with Gasteiger partial charge in [-0.25, -0.2) is 0 Å². The quantitative estimate of drug-likeness (QED) is 0.0366. The third kappa shape index (κ3) is 16.2. The first-order valence-electron chi connectivity index (χ1n) is 28.6. The van der Waals surface area contributed by atoms with Crippen molar-refractivity contribution in [3.63, 3.8) is 0 Å². The minimum Gasteiger partial charge on any atom is -0.506 e. The molecule has 0 unspecified atom stereocenters. The van der Waals surface area contributed by atoms with E-state index < -0.39 is 31.1 Å². The van der Waals surface area contributed by atoms with E-state index in [0.29, 0.717) is 42.2 Å². The van der Waals surface area contributed by atoms with Gasteiger partial charge in [-0.2, -0.15) is 16.8 Å². The van der Waals surface area contributed by atoms with Crippen LogP contribution < -0.4 is 20.7 Å². The Balaban J connectivity index is 0.000000173. The lowest BCUT2D eigenvalue weighted by Gasteiger charge is -2.18. The summed E-state index contributed by atoms with van der Waals surface area (Å²) in [4.78, 5) is 27.8. The van der Waals surface area contributed by atoms with Crippen molar-refractivity contribution in [1.29, 1.82) is 0 Å². The predicted octanol–water partition coefficient (Wildman–Crippen LogP) is 19.2. The Morgan fingerprint density at radius 2 is 0.737 bits per heavy atom. The molecule has 0 bridgehead atoms. The zero-order chi connectivity index (χ0) is 68.2. The fraction of sp³-hybridized carbons (Fsp3) is 0.0541. The Bertz CT molecular complexity index is 5330. The van der Waals surface area contributed by atoms with Crippen LogP contribution in [0.15, 0.2) is 217 Å². The van der Waals surface area contributed by atoms with E-state index >= 15 is 0 Å². The predicted molar refractivity (Wildman–Crippen MR) is 396 cm³/mol. The first-order chi connectivity index (χ1) is 45.1. The van der Waals surface area contributed by atoms with E-state index in [0.717, 1.165) is 27.9 Å². The van der Waals surface area contributed by atoms with Crippen LogP contribution in [0.3, 0.4) is 0 Å². The largest absolute Gasteiger partial charge is 0.506 e. The van der Waals surface area contributed by atoms with Crippen LogP contribution in [0.2, 0.25) is 20.1 Å². The van der Waals surface area contributed by atoms with E-state index in [2.05, 4.69) is 96.4 Å². The lowest BCUT2D eigenvalue weighted by Crippen LogP contribution is -2.07. The van der Waals surface area contributed by atoms with E-state index in [1.165, 1.54) is 83.5 Å². The van der Waals surface area contributed by atoms with Crippen LogP contribution in [0.1, 0.15) is 38.9 Å². The number of fused-ring (bicyclic) bond motifs is 4. The van der Waals surface area contributed by atoms with Crippen LogP contribution in [0, 0.1) is 3.57 Å². The second-order valence-electron chi connectivity index (χ2n) is 22.0. The summed E-state index contributed by atoms with van der Waals surface area (Å²) in [5.41, 5.74) is 10.3. The van der Waals surface area contributed by atoms with E-state index in [9.17, 15) is 45.7 Å². The molecular formula is C74H55Cl4IN2O12S2. The van der Waals surface area contributed by atoms with Gasteiger partial charge in [-0.3, -0.25) is 18.7 Å². The Hall–Kier alpha value is -8.99. The number of halogens is 5. The van der Waals surface area contributed by atoms with Gasteiger partial charge in [-0.05, 0) is 128 Å². The van der Waals surface area contributed by atoms with Crippen LogP contribution in [0.25, 0.3) is 109 Å². The molecule has 14 nitrogen and oxygen atoms in total. The molecule has 2 heterocycles.